The molecular weight excluding hydrogens is 292 g/mol. The summed E-state index contributed by atoms with van der Waals surface area (Å²) in [5.74, 6) is 0.963. The van der Waals surface area contributed by atoms with E-state index in [1.807, 2.05) is 19.2 Å². The molecule has 1 fully saturated rings. The van der Waals surface area contributed by atoms with Gasteiger partial charge in [-0.3, -0.25) is 0 Å². The van der Waals surface area contributed by atoms with Crippen molar-refractivity contribution >= 4 is 16.9 Å². The van der Waals surface area contributed by atoms with Crippen LogP contribution in [-0.4, -0.2) is 44.1 Å². The third-order valence-corrected chi connectivity index (χ3v) is 4.10. The van der Waals surface area contributed by atoms with Crippen LogP contribution in [-0.2, 0) is 0 Å². The molecule has 4 heterocycles. The highest BCUT2D eigenvalue weighted by Crippen LogP contribution is 2.25. The van der Waals surface area contributed by atoms with Gasteiger partial charge in [-0.1, -0.05) is 0 Å². The zero-order valence-electron chi connectivity index (χ0n) is 12.9. The second kappa shape index (κ2) is 5.83. The Balaban J connectivity index is 1.43. The van der Waals surface area contributed by atoms with E-state index >= 15 is 0 Å². The van der Waals surface area contributed by atoms with Gasteiger partial charge in [-0.05, 0) is 18.6 Å². The highest BCUT2D eigenvalue weighted by atomic mass is 16.5. The smallest absolute Gasteiger partial charge is 0.316 e. The van der Waals surface area contributed by atoms with E-state index in [2.05, 4.69) is 29.8 Å². The van der Waals surface area contributed by atoms with E-state index in [9.17, 15) is 0 Å². The van der Waals surface area contributed by atoms with Crippen molar-refractivity contribution in [3.05, 3.63) is 36.5 Å². The summed E-state index contributed by atoms with van der Waals surface area (Å²) in [4.78, 5) is 22.6. The number of rotatable bonds is 3. The minimum absolute atomic E-state index is 0.148. The Labute approximate surface area is 133 Å². The summed E-state index contributed by atoms with van der Waals surface area (Å²) >= 11 is 0. The van der Waals surface area contributed by atoms with Gasteiger partial charge in [-0.25, -0.2) is 19.9 Å². The zero-order valence-corrected chi connectivity index (χ0v) is 12.9. The van der Waals surface area contributed by atoms with Gasteiger partial charge < -0.3 is 14.6 Å². The lowest BCUT2D eigenvalue weighted by molar-refractivity contribution is 0.156. The lowest BCUT2D eigenvalue weighted by atomic mass is 10.1. The highest BCUT2D eigenvalue weighted by Gasteiger charge is 2.23. The topological polar surface area (TPSA) is 79.8 Å². The van der Waals surface area contributed by atoms with Crippen LogP contribution < -0.4 is 9.64 Å². The molecule has 4 rings (SSSR count). The molecule has 1 aliphatic heterocycles. The fourth-order valence-electron chi connectivity index (χ4n) is 2.87. The first kappa shape index (κ1) is 13.9. The number of nitrogens with one attached hydrogen (secondary N) is 1. The molecule has 0 unspecified atom stereocenters. The van der Waals surface area contributed by atoms with E-state index in [0.717, 1.165) is 48.3 Å². The maximum atomic E-state index is 5.88. The average molecular weight is 310 g/mol. The standard InChI is InChI=1S/C16H18N6O/c1-11-8-18-16(19-9-11)23-12-3-6-22(7-4-12)15-14-13(2-5-17-14)20-10-21-15/h2,5,8-10,12,17H,3-4,6-7H2,1H3. The molecule has 1 aliphatic rings. The average Bonchev–Trinajstić information content (AvgIpc) is 3.06. The third kappa shape index (κ3) is 2.81. The molecule has 0 aromatic carbocycles. The SMILES string of the molecule is Cc1cnc(OC2CCN(c3ncnc4cc[nH]c34)CC2)nc1. The monoisotopic (exact) mass is 310 g/mol. The van der Waals surface area contributed by atoms with Crippen molar-refractivity contribution in [2.45, 2.75) is 25.9 Å². The van der Waals surface area contributed by atoms with E-state index in [4.69, 9.17) is 4.74 Å². The van der Waals surface area contributed by atoms with Crippen LogP contribution in [0.5, 0.6) is 6.01 Å². The van der Waals surface area contributed by atoms with Crippen LogP contribution in [0, 0.1) is 6.92 Å². The van der Waals surface area contributed by atoms with Crippen molar-refractivity contribution in [2.24, 2.45) is 0 Å². The minimum Gasteiger partial charge on any atom is -0.460 e. The van der Waals surface area contributed by atoms with Crippen molar-refractivity contribution in [1.29, 1.82) is 0 Å². The molecule has 7 heteroatoms. The Morgan fingerprint density at radius 1 is 1.13 bits per heavy atom. The predicted molar refractivity (Wildman–Crippen MR) is 86.5 cm³/mol. The number of aryl methyl sites for hydroxylation is 1. The van der Waals surface area contributed by atoms with Gasteiger partial charge >= 0.3 is 6.01 Å². The first-order valence-corrected chi connectivity index (χ1v) is 7.78. The summed E-state index contributed by atoms with van der Waals surface area (Å²) in [6.07, 6.45) is 9.06. The quantitative estimate of drug-likeness (QED) is 0.798. The van der Waals surface area contributed by atoms with Crippen LogP contribution in [0.1, 0.15) is 18.4 Å². The summed E-state index contributed by atoms with van der Waals surface area (Å²) in [5, 5.41) is 0. The number of aromatic nitrogens is 5. The first-order chi connectivity index (χ1) is 11.3. The molecule has 0 saturated carbocycles. The van der Waals surface area contributed by atoms with Gasteiger partial charge in [-0.2, -0.15) is 0 Å². The number of H-pyrrole nitrogens is 1. The first-order valence-electron chi connectivity index (χ1n) is 7.78. The van der Waals surface area contributed by atoms with Gasteiger partial charge in [0.05, 0.1) is 5.52 Å². The normalized spacial score (nSPS) is 16.0. The second-order valence-corrected chi connectivity index (χ2v) is 5.78. The lowest BCUT2D eigenvalue weighted by Gasteiger charge is -2.32. The van der Waals surface area contributed by atoms with Crippen molar-refractivity contribution in [3.8, 4) is 6.01 Å². The van der Waals surface area contributed by atoms with Crippen LogP contribution in [0.15, 0.2) is 31.0 Å². The second-order valence-electron chi connectivity index (χ2n) is 5.78. The molecule has 0 atom stereocenters. The van der Waals surface area contributed by atoms with Crippen LogP contribution in [0.25, 0.3) is 11.0 Å². The van der Waals surface area contributed by atoms with Gasteiger partial charge in [0.15, 0.2) is 5.82 Å². The molecular formula is C16H18N6O. The van der Waals surface area contributed by atoms with Gasteiger partial charge in [0.2, 0.25) is 0 Å². The molecule has 0 radical (unpaired) electrons. The molecule has 0 aliphatic carbocycles. The third-order valence-electron chi connectivity index (χ3n) is 4.10. The Morgan fingerprint density at radius 3 is 2.70 bits per heavy atom. The molecule has 1 N–H and O–H groups in total. The minimum atomic E-state index is 0.148. The molecule has 23 heavy (non-hydrogen) atoms. The van der Waals surface area contributed by atoms with Crippen molar-refractivity contribution < 1.29 is 4.74 Å². The Kier molecular flexibility index (Phi) is 3.53. The maximum Gasteiger partial charge on any atom is 0.316 e. The fraction of sp³-hybridized carbons (Fsp3) is 0.375. The van der Waals surface area contributed by atoms with Gasteiger partial charge in [0, 0.05) is 44.5 Å². The number of hydrogen-bond donors (Lipinski definition) is 1. The molecule has 3 aromatic rings. The fourth-order valence-corrected chi connectivity index (χ4v) is 2.87. The number of anilines is 1. The zero-order chi connectivity index (χ0) is 15.6. The van der Waals surface area contributed by atoms with Crippen LogP contribution in [0.3, 0.4) is 0 Å². The van der Waals surface area contributed by atoms with Gasteiger partial charge in [-0.15, -0.1) is 0 Å². The number of nitrogens with zero attached hydrogens (tertiary/aromatic N) is 5. The number of fused-ring (bicyclic) bond motifs is 1. The summed E-state index contributed by atoms with van der Waals surface area (Å²) in [5.41, 5.74) is 2.97. The van der Waals surface area contributed by atoms with E-state index in [1.165, 1.54) is 0 Å². The van der Waals surface area contributed by atoms with E-state index < -0.39 is 0 Å². The molecule has 3 aromatic heterocycles. The van der Waals surface area contributed by atoms with Crippen molar-refractivity contribution in [3.63, 3.8) is 0 Å². The van der Waals surface area contributed by atoms with Gasteiger partial charge in [0.25, 0.3) is 0 Å². The molecule has 7 nitrogen and oxygen atoms in total. The molecule has 1 saturated heterocycles. The van der Waals surface area contributed by atoms with E-state index in [0.29, 0.717) is 6.01 Å². The number of piperidine rings is 1. The van der Waals surface area contributed by atoms with E-state index in [1.54, 1.807) is 18.7 Å². The number of hydrogen-bond acceptors (Lipinski definition) is 6. The predicted octanol–water partition coefficient (Wildman–Crippen LogP) is 2.10. The Hall–Kier alpha value is -2.70. The largest absolute Gasteiger partial charge is 0.460 e. The van der Waals surface area contributed by atoms with Gasteiger partial charge in [0.1, 0.15) is 17.9 Å². The van der Waals surface area contributed by atoms with E-state index in [-0.39, 0.29) is 6.10 Å². The summed E-state index contributed by atoms with van der Waals surface area (Å²) in [6.45, 7) is 3.74. The highest BCUT2D eigenvalue weighted by molar-refractivity contribution is 5.85. The summed E-state index contributed by atoms with van der Waals surface area (Å²) < 4.78 is 5.88. The Morgan fingerprint density at radius 2 is 1.91 bits per heavy atom. The maximum absolute atomic E-state index is 5.88. The van der Waals surface area contributed by atoms with Crippen LogP contribution in [0.2, 0.25) is 0 Å². The molecule has 118 valence electrons. The summed E-state index contributed by atoms with van der Waals surface area (Å²) in [6, 6.07) is 2.42. The lowest BCUT2D eigenvalue weighted by Crippen LogP contribution is -2.39. The Bertz CT molecular complexity index is 792. The number of ether oxygens (including phenoxy) is 1. The van der Waals surface area contributed by atoms with Crippen molar-refractivity contribution in [1.82, 2.24) is 24.9 Å². The number of aromatic amines is 1. The van der Waals surface area contributed by atoms with Crippen LogP contribution >= 0.6 is 0 Å². The molecule has 0 amide bonds. The molecule has 0 bridgehead atoms. The van der Waals surface area contributed by atoms with Crippen molar-refractivity contribution in [2.75, 3.05) is 18.0 Å². The molecule has 0 spiro atoms. The summed E-state index contributed by atoms with van der Waals surface area (Å²) in [7, 11) is 0. The van der Waals surface area contributed by atoms with Crippen LogP contribution in [0.4, 0.5) is 5.82 Å².